The van der Waals surface area contributed by atoms with Gasteiger partial charge in [0.15, 0.2) is 0 Å². The number of amides is 1. The Bertz CT molecular complexity index is 789. The molecule has 0 spiro atoms. The fraction of sp³-hybridized carbons (Fsp3) is 0.333. The quantitative estimate of drug-likeness (QED) is 0.758. The molecule has 3 rings (SSSR count). The molecule has 8 heteroatoms. The highest BCUT2D eigenvalue weighted by Crippen LogP contribution is 2.32. The summed E-state index contributed by atoms with van der Waals surface area (Å²) in [6.07, 6.45) is -2.92. The van der Waals surface area contributed by atoms with Gasteiger partial charge < -0.3 is 4.90 Å². The third-order valence-corrected chi connectivity index (χ3v) is 4.53. The maximum Gasteiger partial charge on any atom is 0.417 e. The molecule has 0 bridgehead atoms. The minimum atomic E-state index is -4.55. The molecule has 2 heterocycles. The summed E-state index contributed by atoms with van der Waals surface area (Å²) in [5.41, 5.74) is -0.180. The van der Waals surface area contributed by atoms with Crippen molar-refractivity contribution in [3.05, 3.63) is 64.4 Å². The van der Waals surface area contributed by atoms with Gasteiger partial charge >= 0.3 is 6.18 Å². The van der Waals surface area contributed by atoms with Crippen LogP contribution in [-0.4, -0.2) is 46.9 Å². The van der Waals surface area contributed by atoms with Crippen molar-refractivity contribution in [2.45, 2.75) is 12.7 Å². The van der Waals surface area contributed by atoms with E-state index in [1.54, 1.807) is 12.3 Å². The lowest BCUT2D eigenvalue weighted by Gasteiger charge is -2.35. The first kappa shape index (κ1) is 18.7. The first-order chi connectivity index (χ1) is 12.3. The van der Waals surface area contributed by atoms with E-state index < -0.39 is 17.6 Å². The number of hydrogen-bond donors (Lipinski definition) is 0. The molecule has 1 aliphatic rings. The Hall–Kier alpha value is -2.12. The Morgan fingerprint density at radius 2 is 1.81 bits per heavy atom. The lowest BCUT2D eigenvalue weighted by Crippen LogP contribution is -2.48. The number of alkyl halides is 3. The highest BCUT2D eigenvalue weighted by molar-refractivity contribution is 6.29. The maximum absolute atomic E-state index is 13.1. The van der Waals surface area contributed by atoms with Crippen molar-refractivity contribution in [2.24, 2.45) is 0 Å². The Morgan fingerprint density at radius 1 is 1.12 bits per heavy atom. The molecule has 0 atom stereocenters. The lowest BCUT2D eigenvalue weighted by molar-refractivity contribution is -0.138. The zero-order chi connectivity index (χ0) is 18.7. The van der Waals surface area contributed by atoms with Gasteiger partial charge in [0.1, 0.15) is 5.15 Å². The van der Waals surface area contributed by atoms with Gasteiger partial charge in [0, 0.05) is 38.9 Å². The molecule has 1 saturated heterocycles. The van der Waals surface area contributed by atoms with E-state index in [1.807, 2.05) is 6.07 Å². The van der Waals surface area contributed by atoms with Gasteiger partial charge in [-0.15, -0.1) is 0 Å². The fourth-order valence-electron chi connectivity index (χ4n) is 3.00. The molecule has 0 unspecified atom stereocenters. The van der Waals surface area contributed by atoms with Gasteiger partial charge in [-0.1, -0.05) is 23.7 Å². The number of pyridine rings is 1. The predicted molar refractivity (Wildman–Crippen MR) is 91.9 cm³/mol. The van der Waals surface area contributed by atoms with E-state index in [1.165, 1.54) is 23.1 Å². The smallest absolute Gasteiger partial charge is 0.336 e. The van der Waals surface area contributed by atoms with Gasteiger partial charge in [0.2, 0.25) is 0 Å². The number of halogens is 4. The number of aromatic nitrogens is 1. The third-order valence-electron chi connectivity index (χ3n) is 4.32. The molecule has 0 N–H and O–H groups in total. The topological polar surface area (TPSA) is 36.4 Å². The van der Waals surface area contributed by atoms with E-state index in [2.05, 4.69) is 9.88 Å². The molecule has 4 nitrogen and oxygen atoms in total. The number of carbonyl (C=O) groups is 1. The molecule has 1 fully saturated rings. The van der Waals surface area contributed by atoms with Crippen LogP contribution in [0.2, 0.25) is 5.15 Å². The summed E-state index contributed by atoms with van der Waals surface area (Å²) in [6.45, 7) is 2.58. The number of hydrogen-bond acceptors (Lipinski definition) is 3. The standard InChI is InChI=1S/C18H17ClF3N3O/c19-16-11-13(5-6-23-16)12-24-7-9-25(10-8-24)17(26)14-3-1-2-4-15(14)18(20,21)22/h1-6,11H,7-10,12H2. The summed E-state index contributed by atoms with van der Waals surface area (Å²) < 4.78 is 39.4. The zero-order valence-corrected chi connectivity index (χ0v) is 14.6. The Labute approximate surface area is 154 Å². The Balaban J connectivity index is 1.64. The summed E-state index contributed by atoms with van der Waals surface area (Å²) >= 11 is 5.87. The van der Waals surface area contributed by atoms with Crippen LogP contribution in [0.25, 0.3) is 0 Å². The van der Waals surface area contributed by atoms with Crippen LogP contribution in [0.1, 0.15) is 21.5 Å². The van der Waals surface area contributed by atoms with Crippen molar-refractivity contribution < 1.29 is 18.0 Å². The molecule has 26 heavy (non-hydrogen) atoms. The minimum absolute atomic E-state index is 0.297. The maximum atomic E-state index is 13.1. The Morgan fingerprint density at radius 3 is 2.46 bits per heavy atom. The number of carbonyl (C=O) groups excluding carboxylic acids is 1. The van der Waals surface area contributed by atoms with Crippen LogP contribution >= 0.6 is 11.6 Å². The summed E-state index contributed by atoms with van der Waals surface area (Å²) in [5, 5.41) is 0.417. The van der Waals surface area contributed by atoms with Crippen molar-refractivity contribution in [2.75, 3.05) is 26.2 Å². The first-order valence-electron chi connectivity index (χ1n) is 8.13. The van der Waals surface area contributed by atoms with Crippen molar-refractivity contribution in [1.82, 2.24) is 14.8 Å². The molecule has 0 aliphatic carbocycles. The molecule has 2 aromatic rings. The molecule has 138 valence electrons. The highest BCUT2D eigenvalue weighted by Gasteiger charge is 2.36. The SMILES string of the molecule is O=C(c1ccccc1C(F)(F)F)N1CCN(Cc2ccnc(Cl)c2)CC1. The second-order valence-corrected chi connectivity index (χ2v) is 6.49. The van der Waals surface area contributed by atoms with E-state index in [4.69, 9.17) is 11.6 Å². The van der Waals surface area contributed by atoms with Gasteiger partial charge in [0.25, 0.3) is 5.91 Å². The van der Waals surface area contributed by atoms with E-state index >= 15 is 0 Å². The van der Waals surface area contributed by atoms with Crippen molar-refractivity contribution in [3.8, 4) is 0 Å². The average molecular weight is 384 g/mol. The summed E-state index contributed by atoms with van der Waals surface area (Å²) in [6, 6.07) is 8.55. The van der Waals surface area contributed by atoms with Crippen molar-refractivity contribution in [3.63, 3.8) is 0 Å². The molecule has 0 radical (unpaired) electrons. The molecular formula is C18H17ClF3N3O. The van der Waals surface area contributed by atoms with Gasteiger partial charge in [-0.3, -0.25) is 9.69 Å². The van der Waals surface area contributed by atoms with Crippen molar-refractivity contribution in [1.29, 1.82) is 0 Å². The Kier molecular flexibility index (Phi) is 5.48. The van der Waals surface area contributed by atoms with Crippen LogP contribution in [0.15, 0.2) is 42.6 Å². The van der Waals surface area contributed by atoms with Crippen LogP contribution < -0.4 is 0 Å². The van der Waals surface area contributed by atoms with Crippen molar-refractivity contribution >= 4 is 17.5 Å². The van der Waals surface area contributed by atoms with Crippen LogP contribution in [0.4, 0.5) is 13.2 Å². The zero-order valence-electron chi connectivity index (χ0n) is 13.8. The first-order valence-corrected chi connectivity index (χ1v) is 8.50. The van der Waals surface area contributed by atoms with E-state index in [-0.39, 0.29) is 5.56 Å². The highest BCUT2D eigenvalue weighted by atomic mass is 35.5. The van der Waals surface area contributed by atoms with Gasteiger partial charge in [-0.2, -0.15) is 13.2 Å². The summed E-state index contributed by atoms with van der Waals surface area (Å²) in [5.74, 6) is -0.579. The van der Waals surface area contributed by atoms with Crippen LogP contribution in [0, 0.1) is 0 Å². The second-order valence-electron chi connectivity index (χ2n) is 6.10. The van der Waals surface area contributed by atoms with Crippen LogP contribution in [0.5, 0.6) is 0 Å². The van der Waals surface area contributed by atoms with E-state index in [0.717, 1.165) is 11.6 Å². The largest absolute Gasteiger partial charge is 0.417 e. The van der Waals surface area contributed by atoms with E-state index in [0.29, 0.717) is 37.9 Å². The number of rotatable bonds is 3. The minimum Gasteiger partial charge on any atom is -0.336 e. The van der Waals surface area contributed by atoms with Gasteiger partial charge in [-0.05, 0) is 29.8 Å². The molecule has 1 aromatic carbocycles. The molecule has 0 saturated carbocycles. The monoisotopic (exact) mass is 383 g/mol. The molecule has 1 amide bonds. The fourth-order valence-corrected chi connectivity index (χ4v) is 3.19. The number of piperazine rings is 1. The normalized spacial score (nSPS) is 15.9. The summed E-state index contributed by atoms with van der Waals surface area (Å²) in [7, 11) is 0. The number of benzene rings is 1. The third kappa shape index (κ3) is 4.34. The van der Waals surface area contributed by atoms with Crippen LogP contribution in [-0.2, 0) is 12.7 Å². The van der Waals surface area contributed by atoms with Gasteiger partial charge in [-0.25, -0.2) is 4.98 Å². The molecule has 1 aliphatic heterocycles. The average Bonchev–Trinajstić information content (AvgIpc) is 2.61. The molecular weight excluding hydrogens is 367 g/mol. The van der Waals surface area contributed by atoms with Crippen LogP contribution in [0.3, 0.4) is 0 Å². The predicted octanol–water partition coefficient (Wildman–Crippen LogP) is 3.71. The molecule has 1 aromatic heterocycles. The second kappa shape index (κ2) is 7.63. The van der Waals surface area contributed by atoms with E-state index in [9.17, 15) is 18.0 Å². The lowest BCUT2D eigenvalue weighted by atomic mass is 10.1. The van der Waals surface area contributed by atoms with Gasteiger partial charge in [0.05, 0.1) is 11.1 Å². The number of nitrogens with zero attached hydrogens (tertiary/aromatic N) is 3. The summed E-state index contributed by atoms with van der Waals surface area (Å²) in [4.78, 5) is 20.1.